The summed E-state index contributed by atoms with van der Waals surface area (Å²) in [6, 6.07) is 13.1. The maximum Gasteiger partial charge on any atom is 0.330 e. The molecule has 0 bridgehead atoms. The fraction of sp³-hybridized carbons (Fsp3) is 0.238. The Bertz CT molecular complexity index is 939. The summed E-state index contributed by atoms with van der Waals surface area (Å²) >= 11 is 0. The van der Waals surface area contributed by atoms with Crippen LogP contribution in [0, 0.1) is 20.8 Å². The predicted molar refractivity (Wildman–Crippen MR) is 93.3 cm³/mol. The quantitative estimate of drug-likeness (QED) is 0.484. The molecule has 0 radical (unpaired) electrons. The molecule has 0 N–H and O–H groups in total. The molecule has 1 aliphatic rings. The monoisotopic (exact) mass is 301 g/mol. The first kappa shape index (κ1) is 14.1. The number of benzene rings is 2. The highest BCUT2D eigenvalue weighted by Gasteiger charge is 2.29. The van der Waals surface area contributed by atoms with Crippen LogP contribution in [0.5, 0.6) is 0 Å². The van der Waals surface area contributed by atoms with Crippen LogP contribution in [0.15, 0.2) is 42.6 Å². The lowest BCUT2D eigenvalue weighted by Crippen LogP contribution is -2.37. The van der Waals surface area contributed by atoms with Gasteiger partial charge in [-0.15, -0.1) is 0 Å². The molecule has 0 spiro atoms. The number of aromatic nitrogens is 2. The SMILES string of the molecule is Cc1ccc(C)c(-c2ncc3c([n+]2C)Cc2c(C)cccc2-3)c1. The molecule has 3 aromatic rings. The van der Waals surface area contributed by atoms with Gasteiger partial charge in [-0.05, 0) is 54.1 Å². The molecule has 2 nitrogen and oxygen atoms in total. The maximum absolute atomic E-state index is 4.81. The Morgan fingerprint density at radius 1 is 0.913 bits per heavy atom. The van der Waals surface area contributed by atoms with Crippen molar-refractivity contribution in [3.63, 3.8) is 0 Å². The Balaban J connectivity index is 1.93. The summed E-state index contributed by atoms with van der Waals surface area (Å²) in [7, 11) is 2.14. The van der Waals surface area contributed by atoms with Crippen molar-refractivity contribution in [3.05, 3.63) is 70.5 Å². The zero-order valence-electron chi connectivity index (χ0n) is 14.1. The molecule has 0 aliphatic heterocycles. The molecule has 0 saturated carbocycles. The fourth-order valence-corrected chi connectivity index (χ4v) is 3.62. The molecule has 4 rings (SSSR count). The van der Waals surface area contributed by atoms with E-state index in [-0.39, 0.29) is 0 Å². The number of rotatable bonds is 1. The van der Waals surface area contributed by atoms with Gasteiger partial charge < -0.3 is 0 Å². The van der Waals surface area contributed by atoms with Crippen molar-refractivity contribution in [1.82, 2.24) is 4.98 Å². The Kier molecular flexibility index (Phi) is 3.08. The van der Waals surface area contributed by atoms with E-state index in [4.69, 9.17) is 4.98 Å². The number of nitrogens with zero attached hydrogens (tertiary/aromatic N) is 2. The lowest BCUT2D eigenvalue weighted by Gasteiger charge is -2.07. The van der Waals surface area contributed by atoms with E-state index in [1.165, 1.54) is 44.6 Å². The molecular weight excluding hydrogens is 280 g/mol. The first-order valence-electron chi connectivity index (χ1n) is 8.10. The number of aryl methyl sites for hydroxylation is 3. The number of fused-ring (bicyclic) bond motifs is 3. The van der Waals surface area contributed by atoms with E-state index < -0.39 is 0 Å². The third kappa shape index (κ3) is 2.09. The average molecular weight is 301 g/mol. The van der Waals surface area contributed by atoms with Crippen molar-refractivity contribution < 1.29 is 4.57 Å². The number of hydrogen-bond acceptors (Lipinski definition) is 1. The van der Waals surface area contributed by atoms with Crippen LogP contribution in [0.25, 0.3) is 22.5 Å². The van der Waals surface area contributed by atoms with Crippen LogP contribution in [0.1, 0.15) is 27.9 Å². The van der Waals surface area contributed by atoms with E-state index >= 15 is 0 Å². The summed E-state index contributed by atoms with van der Waals surface area (Å²) in [5.41, 5.74) is 10.6. The van der Waals surface area contributed by atoms with E-state index in [0.717, 1.165) is 12.2 Å². The van der Waals surface area contributed by atoms with Crippen LogP contribution >= 0.6 is 0 Å². The molecule has 0 saturated heterocycles. The smallest absolute Gasteiger partial charge is 0.229 e. The molecular formula is C21H21N2+. The number of hydrogen-bond donors (Lipinski definition) is 0. The lowest BCUT2D eigenvalue weighted by atomic mass is 10.0. The third-order valence-corrected chi connectivity index (χ3v) is 5.03. The topological polar surface area (TPSA) is 16.8 Å². The summed E-state index contributed by atoms with van der Waals surface area (Å²) in [4.78, 5) is 4.81. The van der Waals surface area contributed by atoms with Crippen molar-refractivity contribution in [1.29, 1.82) is 0 Å². The van der Waals surface area contributed by atoms with Gasteiger partial charge in [-0.25, -0.2) is 4.57 Å². The molecule has 0 fully saturated rings. The normalized spacial score (nSPS) is 12.2. The molecule has 0 atom stereocenters. The molecule has 1 aromatic heterocycles. The van der Waals surface area contributed by atoms with Crippen LogP contribution in [0.2, 0.25) is 0 Å². The molecule has 0 unspecified atom stereocenters. The fourth-order valence-electron chi connectivity index (χ4n) is 3.62. The minimum absolute atomic E-state index is 0.994. The van der Waals surface area contributed by atoms with Crippen molar-refractivity contribution >= 4 is 0 Å². The second-order valence-electron chi connectivity index (χ2n) is 6.60. The maximum atomic E-state index is 4.81. The van der Waals surface area contributed by atoms with Crippen LogP contribution in [0.4, 0.5) is 0 Å². The first-order valence-corrected chi connectivity index (χ1v) is 8.10. The first-order chi connectivity index (χ1) is 11.1. The van der Waals surface area contributed by atoms with Crippen LogP contribution in [-0.2, 0) is 13.5 Å². The summed E-state index contributed by atoms with van der Waals surface area (Å²) in [5, 5.41) is 0. The van der Waals surface area contributed by atoms with Gasteiger partial charge >= 0.3 is 5.82 Å². The molecule has 2 aromatic carbocycles. The third-order valence-electron chi connectivity index (χ3n) is 5.03. The van der Waals surface area contributed by atoms with Gasteiger partial charge in [0.1, 0.15) is 5.69 Å². The molecule has 0 amide bonds. The van der Waals surface area contributed by atoms with E-state index in [9.17, 15) is 0 Å². The lowest BCUT2D eigenvalue weighted by molar-refractivity contribution is -0.669. The van der Waals surface area contributed by atoms with Gasteiger partial charge in [0, 0.05) is 6.42 Å². The van der Waals surface area contributed by atoms with E-state index in [1.807, 2.05) is 0 Å². The molecule has 1 heterocycles. The van der Waals surface area contributed by atoms with Gasteiger partial charge in [-0.2, -0.15) is 0 Å². The van der Waals surface area contributed by atoms with Crippen LogP contribution < -0.4 is 4.57 Å². The zero-order chi connectivity index (χ0) is 16.1. The van der Waals surface area contributed by atoms with Crippen LogP contribution in [0.3, 0.4) is 0 Å². The van der Waals surface area contributed by atoms with Gasteiger partial charge in [-0.3, -0.25) is 0 Å². The molecule has 114 valence electrons. The summed E-state index contributed by atoms with van der Waals surface area (Å²) < 4.78 is 2.27. The van der Waals surface area contributed by atoms with Crippen molar-refractivity contribution in [2.45, 2.75) is 27.2 Å². The Labute approximate surface area is 137 Å². The minimum Gasteiger partial charge on any atom is -0.229 e. The predicted octanol–water partition coefficient (Wildman–Crippen LogP) is 4.07. The van der Waals surface area contributed by atoms with Crippen molar-refractivity contribution in [3.8, 4) is 22.5 Å². The van der Waals surface area contributed by atoms with E-state index in [1.54, 1.807) is 0 Å². The highest BCUT2D eigenvalue weighted by atomic mass is 15.0. The van der Waals surface area contributed by atoms with Gasteiger partial charge in [-0.1, -0.05) is 35.9 Å². The summed E-state index contributed by atoms with van der Waals surface area (Å²) in [6.45, 7) is 6.49. The minimum atomic E-state index is 0.994. The van der Waals surface area contributed by atoms with Crippen molar-refractivity contribution in [2.24, 2.45) is 7.05 Å². The van der Waals surface area contributed by atoms with Gasteiger partial charge in [0.15, 0.2) is 6.20 Å². The average Bonchev–Trinajstić information content (AvgIpc) is 2.92. The van der Waals surface area contributed by atoms with Gasteiger partial charge in [0.25, 0.3) is 0 Å². The highest BCUT2D eigenvalue weighted by Crippen LogP contribution is 2.36. The zero-order valence-corrected chi connectivity index (χ0v) is 14.1. The Morgan fingerprint density at radius 2 is 1.74 bits per heavy atom. The standard InChI is InChI=1S/C21H21N2/c1-13-8-9-15(3)18(10-13)21-22-12-19-16-7-5-6-14(2)17(16)11-20(19)23(21)4/h5-10,12H,11H2,1-4H3/q+1. The van der Waals surface area contributed by atoms with E-state index in [0.29, 0.717) is 0 Å². The molecule has 2 heteroatoms. The summed E-state index contributed by atoms with van der Waals surface area (Å²) in [6.07, 6.45) is 3.05. The summed E-state index contributed by atoms with van der Waals surface area (Å²) in [5.74, 6) is 1.05. The largest absolute Gasteiger partial charge is 0.330 e. The second-order valence-corrected chi connectivity index (χ2v) is 6.60. The van der Waals surface area contributed by atoms with Gasteiger partial charge in [0.2, 0.25) is 0 Å². The molecule has 1 aliphatic carbocycles. The van der Waals surface area contributed by atoms with Crippen LogP contribution in [-0.4, -0.2) is 4.98 Å². The Morgan fingerprint density at radius 3 is 2.57 bits per heavy atom. The molecule has 23 heavy (non-hydrogen) atoms. The second kappa shape index (κ2) is 5.02. The Hall–Kier alpha value is -2.48. The van der Waals surface area contributed by atoms with E-state index in [2.05, 4.69) is 75.0 Å². The highest BCUT2D eigenvalue weighted by molar-refractivity contribution is 5.75. The van der Waals surface area contributed by atoms with Crippen molar-refractivity contribution in [2.75, 3.05) is 0 Å². The van der Waals surface area contributed by atoms with Gasteiger partial charge in [0.05, 0.1) is 18.2 Å².